The molecule has 9 nitrogen and oxygen atoms in total. The van der Waals surface area contributed by atoms with E-state index in [1.54, 1.807) is 11.6 Å². The fourth-order valence-corrected chi connectivity index (χ4v) is 3.86. The van der Waals surface area contributed by atoms with Gasteiger partial charge >= 0.3 is 0 Å². The number of imide groups is 1. The van der Waals surface area contributed by atoms with Gasteiger partial charge in [0.2, 0.25) is 0 Å². The van der Waals surface area contributed by atoms with Crippen LogP contribution in [0.15, 0.2) is 54.7 Å². The number of benzene rings is 2. The molecule has 0 atom stereocenters. The van der Waals surface area contributed by atoms with Crippen LogP contribution in [0.5, 0.6) is 0 Å². The van der Waals surface area contributed by atoms with Crippen LogP contribution < -0.4 is 4.90 Å². The van der Waals surface area contributed by atoms with Crippen LogP contribution in [0.2, 0.25) is 0 Å². The third-order valence-electron chi connectivity index (χ3n) is 5.29. The van der Waals surface area contributed by atoms with E-state index in [4.69, 9.17) is 0 Å². The normalized spacial score (nSPS) is 13.2. The van der Waals surface area contributed by atoms with Crippen LogP contribution in [0.4, 0.5) is 11.4 Å². The molecule has 5 rings (SSSR count). The average Bonchev–Trinajstić information content (AvgIpc) is 3.22. The summed E-state index contributed by atoms with van der Waals surface area (Å²) < 4.78 is 1.66. The molecule has 0 unspecified atom stereocenters. The molecule has 0 N–H and O–H groups in total. The molecule has 9 heteroatoms. The van der Waals surface area contributed by atoms with Crippen molar-refractivity contribution in [3.63, 3.8) is 0 Å². The highest BCUT2D eigenvalue weighted by atomic mass is 16.6. The molecule has 2 aromatic heterocycles. The van der Waals surface area contributed by atoms with Gasteiger partial charge in [0, 0.05) is 18.3 Å². The Morgan fingerprint density at radius 3 is 2.39 bits per heavy atom. The summed E-state index contributed by atoms with van der Waals surface area (Å²) in [4.78, 5) is 42.1. The second kappa shape index (κ2) is 6.56. The topological polar surface area (TPSA) is 111 Å². The van der Waals surface area contributed by atoms with Gasteiger partial charge in [0.1, 0.15) is 0 Å². The summed E-state index contributed by atoms with van der Waals surface area (Å²) in [5.74, 6) is -1.03. The maximum atomic E-state index is 13.3. The minimum Gasteiger partial charge on any atom is -0.268 e. The molecule has 0 saturated carbocycles. The third-order valence-corrected chi connectivity index (χ3v) is 5.29. The van der Waals surface area contributed by atoms with Crippen molar-refractivity contribution in [2.75, 3.05) is 4.90 Å². The fourth-order valence-electron chi connectivity index (χ4n) is 3.86. The third kappa shape index (κ3) is 2.71. The SMILES string of the molecule is Cc1cccc(-n2nc(C)c3c4c(cnc32)C(=O)N(c2ccc([N+](=O)[O-])cc2)C4=O)c1. The number of aromatic nitrogens is 3. The van der Waals surface area contributed by atoms with Gasteiger partial charge in [0.25, 0.3) is 17.5 Å². The van der Waals surface area contributed by atoms with Gasteiger partial charge < -0.3 is 0 Å². The Morgan fingerprint density at radius 2 is 1.71 bits per heavy atom. The molecule has 152 valence electrons. The molecule has 0 radical (unpaired) electrons. The number of pyridine rings is 1. The lowest BCUT2D eigenvalue weighted by Crippen LogP contribution is -2.29. The maximum Gasteiger partial charge on any atom is 0.269 e. The molecule has 2 aromatic carbocycles. The molecular weight excluding hydrogens is 398 g/mol. The van der Waals surface area contributed by atoms with Crippen molar-refractivity contribution in [2.24, 2.45) is 0 Å². The molecule has 2 amide bonds. The smallest absolute Gasteiger partial charge is 0.268 e. The highest BCUT2D eigenvalue weighted by molar-refractivity contribution is 6.37. The fraction of sp³-hybridized carbons (Fsp3) is 0.0909. The minimum absolute atomic E-state index is 0.125. The Balaban J connectivity index is 1.66. The number of hydrogen-bond donors (Lipinski definition) is 0. The van der Waals surface area contributed by atoms with Crippen LogP contribution in [0.1, 0.15) is 32.0 Å². The largest absolute Gasteiger partial charge is 0.269 e. The first-order chi connectivity index (χ1) is 14.9. The second-order valence-corrected chi connectivity index (χ2v) is 7.30. The molecule has 0 aliphatic carbocycles. The number of hydrogen-bond acceptors (Lipinski definition) is 6. The van der Waals surface area contributed by atoms with Crippen LogP contribution in [-0.4, -0.2) is 31.5 Å². The Labute approximate surface area is 175 Å². The van der Waals surface area contributed by atoms with Crippen molar-refractivity contribution in [1.82, 2.24) is 14.8 Å². The first-order valence-corrected chi connectivity index (χ1v) is 9.45. The van der Waals surface area contributed by atoms with E-state index in [1.165, 1.54) is 30.5 Å². The maximum absolute atomic E-state index is 13.3. The van der Waals surface area contributed by atoms with Gasteiger partial charge in [-0.15, -0.1) is 0 Å². The predicted octanol–water partition coefficient (Wildman–Crippen LogP) is 3.75. The van der Waals surface area contributed by atoms with Gasteiger partial charge in [-0.05, 0) is 43.7 Å². The van der Waals surface area contributed by atoms with Crippen LogP contribution in [0.3, 0.4) is 0 Å². The number of amides is 2. The second-order valence-electron chi connectivity index (χ2n) is 7.30. The number of non-ortho nitro benzene ring substituents is 1. The van der Waals surface area contributed by atoms with Crippen molar-refractivity contribution in [1.29, 1.82) is 0 Å². The van der Waals surface area contributed by atoms with Crippen molar-refractivity contribution in [3.8, 4) is 5.69 Å². The quantitative estimate of drug-likeness (QED) is 0.287. The standard InChI is InChI=1S/C22H15N5O4/c1-12-4-3-5-16(10-12)26-20-18(13(2)24-26)19-17(11-23-20)21(28)25(22(19)29)14-6-8-15(9-7-14)27(30)31/h3-11H,1-2H3. The monoisotopic (exact) mass is 413 g/mol. The lowest BCUT2D eigenvalue weighted by Gasteiger charge is -2.13. The molecule has 1 aliphatic heterocycles. The minimum atomic E-state index is -0.539. The molecule has 0 spiro atoms. The molecular formula is C22H15N5O4. The number of carbonyl (C=O) groups is 2. The van der Waals surface area contributed by atoms with Gasteiger partial charge in [-0.1, -0.05) is 12.1 Å². The molecule has 31 heavy (non-hydrogen) atoms. The Bertz CT molecular complexity index is 1420. The first kappa shape index (κ1) is 18.6. The lowest BCUT2D eigenvalue weighted by molar-refractivity contribution is -0.384. The number of carbonyl (C=O) groups excluding carboxylic acids is 2. The molecule has 3 heterocycles. The van der Waals surface area contributed by atoms with E-state index < -0.39 is 16.7 Å². The molecule has 4 aromatic rings. The zero-order valence-corrected chi connectivity index (χ0v) is 16.6. The number of rotatable bonds is 3. The summed E-state index contributed by atoms with van der Waals surface area (Å²) in [5, 5.41) is 16.0. The van der Waals surface area contributed by atoms with Crippen molar-refractivity contribution < 1.29 is 14.5 Å². The van der Waals surface area contributed by atoms with Crippen LogP contribution >= 0.6 is 0 Å². The number of nitro benzene ring substituents is 1. The predicted molar refractivity (Wildman–Crippen MR) is 113 cm³/mol. The van der Waals surface area contributed by atoms with E-state index in [-0.39, 0.29) is 22.5 Å². The van der Waals surface area contributed by atoms with Gasteiger partial charge in [-0.2, -0.15) is 5.10 Å². The number of fused-ring (bicyclic) bond motifs is 3. The van der Waals surface area contributed by atoms with Crippen molar-refractivity contribution in [2.45, 2.75) is 13.8 Å². The lowest BCUT2D eigenvalue weighted by atomic mass is 10.1. The Kier molecular flexibility index (Phi) is 3.94. The summed E-state index contributed by atoms with van der Waals surface area (Å²) in [6.07, 6.45) is 1.39. The molecule has 0 fully saturated rings. The van der Waals surface area contributed by atoms with Crippen molar-refractivity contribution >= 4 is 34.2 Å². The molecule has 1 aliphatic rings. The summed E-state index contributed by atoms with van der Waals surface area (Å²) in [5.41, 5.74) is 3.46. The number of nitro groups is 1. The summed E-state index contributed by atoms with van der Waals surface area (Å²) >= 11 is 0. The number of anilines is 1. The summed E-state index contributed by atoms with van der Waals surface area (Å²) in [7, 11) is 0. The zero-order valence-electron chi connectivity index (χ0n) is 16.6. The highest BCUT2D eigenvalue weighted by Crippen LogP contribution is 2.35. The van der Waals surface area contributed by atoms with E-state index in [1.807, 2.05) is 31.2 Å². The van der Waals surface area contributed by atoms with Gasteiger partial charge in [-0.3, -0.25) is 19.7 Å². The molecule has 0 saturated heterocycles. The Morgan fingerprint density at radius 1 is 0.968 bits per heavy atom. The van der Waals surface area contributed by atoms with Gasteiger partial charge in [-0.25, -0.2) is 14.6 Å². The zero-order chi connectivity index (χ0) is 21.9. The van der Waals surface area contributed by atoms with Gasteiger partial charge in [0.05, 0.1) is 38.5 Å². The van der Waals surface area contributed by atoms with Crippen LogP contribution in [0.25, 0.3) is 16.7 Å². The van der Waals surface area contributed by atoms with Crippen LogP contribution in [-0.2, 0) is 0 Å². The van der Waals surface area contributed by atoms with E-state index in [0.717, 1.165) is 16.2 Å². The first-order valence-electron chi connectivity index (χ1n) is 9.45. The van der Waals surface area contributed by atoms with Crippen molar-refractivity contribution in [3.05, 3.63) is 87.2 Å². The van der Waals surface area contributed by atoms with E-state index >= 15 is 0 Å². The number of aryl methyl sites for hydroxylation is 2. The highest BCUT2D eigenvalue weighted by Gasteiger charge is 2.40. The van der Waals surface area contributed by atoms with E-state index in [2.05, 4.69) is 10.1 Å². The summed E-state index contributed by atoms with van der Waals surface area (Å²) in [6.45, 7) is 3.74. The Hall–Kier alpha value is -4.40. The van der Waals surface area contributed by atoms with Gasteiger partial charge in [0.15, 0.2) is 5.65 Å². The average molecular weight is 413 g/mol. The van der Waals surface area contributed by atoms with E-state index in [0.29, 0.717) is 16.7 Å². The summed E-state index contributed by atoms with van der Waals surface area (Å²) in [6, 6.07) is 13.0. The van der Waals surface area contributed by atoms with E-state index in [9.17, 15) is 19.7 Å². The molecule has 0 bridgehead atoms. The number of nitrogens with zero attached hydrogens (tertiary/aromatic N) is 5. The van der Waals surface area contributed by atoms with Crippen LogP contribution in [0, 0.1) is 24.0 Å².